The highest BCUT2D eigenvalue weighted by molar-refractivity contribution is 5.80. The van der Waals surface area contributed by atoms with E-state index in [2.05, 4.69) is 0 Å². The molecule has 2 unspecified atom stereocenters. The Morgan fingerprint density at radius 2 is 2.00 bits per heavy atom. The normalized spacial score (nSPS) is 16.7. The minimum absolute atomic E-state index is 0.0353. The predicted octanol–water partition coefficient (Wildman–Crippen LogP) is 1.71. The van der Waals surface area contributed by atoms with Gasteiger partial charge in [-0.2, -0.15) is 0 Å². The standard InChI is InChI=1S/C11H13FO3/c1-2-9(13)11(12,10(14)15)8-6-4-3-5-7-8/h3-7,9,13H,2H2,1H3,(H,14,15). The van der Waals surface area contributed by atoms with Crippen LogP contribution in [0.4, 0.5) is 4.39 Å². The average Bonchev–Trinajstić information content (AvgIpc) is 2.27. The zero-order valence-corrected chi connectivity index (χ0v) is 8.35. The second-order valence-electron chi connectivity index (χ2n) is 3.31. The summed E-state index contributed by atoms with van der Waals surface area (Å²) < 4.78 is 14.2. The van der Waals surface area contributed by atoms with Crippen LogP contribution in [0.3, 0.4) is 0 Å². The van der Waals surface area contributed by atoms with Crippen molar-refractivity contribution in [2.24, 2.45) is 0 Å². The molecule has 1 aromatic carbocycles. The number of benzene rings is 1. The van der Waals surface area contributed by atoms with Gasteiger partial charge in [0.25, 0.3) is 5.67 Å². The molecule has 0 aliphatic rings. The number of halogens is 1. The second-order valence-corrected chi connectivity index (χ2v) is 3.31. The Kier molecular flexibility index (Phi) is 3.42. The van der Waals surface area contributed by atoms with Crippen LogP contribution < -0.4 is 0 Å². The van der Waals surface area contributed by atoms with Gasteiger partial charge in [0.05, 0.1) is 0 Å². The fourth-order valence-corrected chi connectivity index (χ4v) is 1.42. The number of carbonyl (C=O) groups is 1. The van der Waals surface area contributed by atoms with Crippen molar-refractivity contribution < 1.29 is 19.4 Å². The van der Waals surface area contributed by atoms with Crippen molar-refractivity contribution in [2.75, 3.05) is 0 Å². The number of carboxylic acid groups (broad SMARTS) is 1. The highest BCUT2D eigenvalue weighted by Gasteiger charge is 2.46. The molecule has 3 nitrogen and oxygen atoms in total. The molecule has 0 fully saturated rings. The molecule has 0 radical (unpaired) electrons. The molecule has 82 valence electrons. The van der Waals surface area contributed by atoms with Gasteiger partial charge in [-0.1, -0.05) is 37.3 Å². The highest BCUT2D eigenvalue weighted by Crippen LogP contribution is 2.31. The van der Waals surface area contributed by atoms with Crippen molar-refractivity contribution in [3.05, 3.63) is 35.9 Å². The summed E-state index contributed by atoms with van der Waals surface area (Å²) in [5.41, 5.74) is -2.76. The third kappa shape index (κ3) is 1.99. The Hall–Kier alpha value is -1.42. The lowest BCUT2D eigenvalue weighted by Crippen LogP contribution is -2.42. The number of carboxylic acids is 1. The molecule has 2 N–H and O–H groups in total. The topological polar surface area (TPSA) is 57.5 Å². The van der Waals surface area contributed by atoms with Gasteiger partial charge in [-0.25, -0.2) is 9.18 Å². The number of hydrogen-bond acceptors (Lipinski definition) is 2. The summed E-state index contributed by atoms with van der Waals surface area (Å²) in [5, 5.41) is 18.3. The van der Waals surface area contributed by atoms with E-state index in [1.807, 2.05) is 0 Å². The summed E-state index contributed by atoms with van der Waals surface area (Å²) in [6.45, 7) is 1.53. The minimum Gasteiger partial charge on any atom is -0.479 e. The van der Waals surface area contributed by atoms with E-state index in [9.17, 15) is 14.3 Å². The Balaban J connectivity index is 3.19. The van der Waals surface area contributed by atoms with E-state index in [0.29, 0.717) is 0 Å². The van der Waals surface area contributed by atoms with Crippen LogP contribution in [0.25, 0.3) is 0 Å². The Morgan fingerprint density at radius 1 is 1.47 bits per heavy atom. The van der Waals surface area contributed by atoms with Crippen molar-refractivity contribution >= 4 is 5.97 Å². The van der Waals surface area contributed by atoms with E-state index < -0.39 is 17.7 Å². The minimum atomic E-state index is -2.73. The van der Waals surface area contributed by atoms with E-state index in [4.69, 9.17) is 5.11 Å². The summed E-state index contributed by atoms with van der Waals surface area (Å²) in [6.07, 6.45) is -1.50. The Labute approximate surface area is 87.2 Å². The summed E-state index contributed by atoms with van der Waals surface area (Å²) in [5.74, 6) is -1.66. The van der Waals surface area contributed by atoms with Crippen LogP contribution in [0.2, 0.25) is 0 Å². The molecule has 0 amide bonds. The first-order valence-electron chi connectivity index (χ1n) is 4.69. The molecule has 0 heterocycles. The van der Waals surface area contributed by atoms with E-state index in [1.165, 1.54) is 31.2 Å². The smallest absolute Gasteiger partial charge is 0.348 e. The zero-order valence-electron chi connectivity index (χ0n) is 8.35. The van der Waals surface area contributed by atoms with Gasteiger partial charge in [-0.15, -0.1) is 0 Å². The maximum atomic E-state index is 14.2. The van der Waals surface area contributed by atoms with Crippen molar-refractivity contribution in [1.82, 2.24) is 0 Å². The van der Waals surface area contributed by atoms with Crippen LogP contribution in [0.15, 0.2) is 30.3 Å². The quantitative estimate of drug-likeness (QED) is 0.798. The first-order chi connectivity index (χ1) is 7.03. The van der Waals surface area contributed by atoms with E-state index in [0.717, 1.165) is 0 Å². The fourth-order valence-electron chi connectivity index (χ4n) is 1.42. The highest BCUT2D eigenvalue weighted by atomic mass is 19.1. The van der Waals surface area contributed by atoms with E-state index in [-0.39, 0.29) is 12.0 Å². The lowest BCUT2D eigenvalue weighted by atomic mass is 9.89. The Bertz CT molecular complexity index is 339. The van der Waals surface area contributed by atoms with Crippen LogP contribution in [-0.4, -0.2) is 22.3 Å². The van der Waals surface area contributed by atoms with Gasteiger partial charge >= 0.3 is 5.97 Å². The number of aliphatic hydroxyl groups is 1. The molecule has 0 saturated carbocycles. The maximum absolute atomic E-state index is 14.2. The monoisotopic (exact) mass is 212 g/mol. The zero-order chi connectivity index (χ0) is 11.5. The number of aliphatic carboxylic acids is 1. The number of rotatable bonds is 4. The van der Waals surface area contributed by atoms with Gasteiger partial charge in [-0.3, -0.25) is 0 Å². The predicted molar refractivity (Wildman–Crippen MR) is 53.2 cm³/mol. The van der Waals surface area contributed by atoms with Crippen molar-refractivity contribution in [3.63, 3.8) is 0 Å². The lowest BCUT2D eigenvalue weighted by Gasteiger charge is -2.25. The first kappa shape index (κ1) is 11.7. The van der Waals surface area contributed by atoms with Crippen molar-refractivity contribution in [3.8, 4) is 0 Å². The lowest BCUT2D eigenvalue weighted by molar-refractivity contribution is -0.161. The third-order valence-electron chi connectivity index (χ3n) is 2.35. The second kappa shape index (κ2) is 4.40. The molecule has 4 heteroatoms. The summed E-state index contributed by atoms with van der Waals surface area (Å²) >= 11 is 0. The number of alkyl halides is 1. The molecule has 2 atom stereocenters. The summed E-state index contributed by atoms with van der Waals surface area (Å²) in [7, 11) is 0. The molecule has 0 saturated heterocycles. The van der Waals surface area contributed by atoms with E-state index in [1.54, 1.807) is 6.07 Å². The first-order valence-corrected chi connectivity index (χ1v) is 4.69. The van der Waals surface area contributed by atoms with Crippen molar-refractivity contribution in [2.45, 2.75) is 25.1 Å². The third-order valence-corrected chi connectivity index (χ3v) is 2.35. The molecule has 0 spiro atoms. The van der Waals surface area contributed by atoms with Gasteiger partial charge in [0.2, 0.25) is 0 Å². The Morgan fingerprint density at radius 3 is 2.40 bits per heavy atom. The van der Waals surface area contributed by atoms with Crippen molar-refractivity contribution in [1.29, 1.82) is 0 Å². The van der Waals surface area contributed by atoms with Crippen LogP contribution in [0.1, 0.15) is 18.9 Å². The molecule has 0 aliphatic carbocycles. The summed E-state index contributed by atoms with van der Waals surface area (Å²) in [6, 6.07) is 7.44. The molecule has 0 aliphatic heterocycles. The van der Waals surface area contributed by atoms with Gasteiger partial charge in [0.15, 0.2) is 0 Å². The van der Waals surface area contributed by atoms with Crippen LogP contribution >= 0.6 is 0 Å². The molecular formula is C11H13FO3. The largest absolute Gasteiger partial charge is 0.479 e. The molecule has 1 rings (SSSR count). The average molecular weight is 212 g/mol. The molecule has 1 aromatic rings. The number of hydrogen-bond donors (Lipinski definition) is 2. The number of aliphatic hydroxyl groups excluding tert-OH is 1. The molecular weight excluding hydrogens is 199 g/mol. The van der Waals surface area contributed by atoms with Crippen LogP contribution in [0, 0.1) is 0 Å². The molecule has 0 aromatic heterocycles. The van der Waals surface area contributed by atoms with Crippen LogP contribution in [0.5, 0.6) is 0 Å². The van der Waals surface area contributed by atoms with Gasteiger partial charge in [0, 0.05) is 5.56 Å². The molecule has 15 heavy (non-hydrogen) atoms. The van der Waals surface area contributed by atoms with Gasteiger partial charge in [-0.05, 0) is 6.42 Å². The SMILES string of the molecule is CCC(O)C(F)(C(=O)O)c1ccccc1. The van der Waals surface area contributed by atoms with Gasteiger partial charge in [0.1, 0.15) is 6.10 Å². The molecule has 0 bridgehead atoms. The fraction of sp³-hybridized carbons (Fsp3) is 0.364. The van der Waals surface area contributed by atoms with Crippen LogP contribution in [-0.2, 0) is 10.5 Å². The summed E-state index contributed by atoms with van der Waals surface area (Å²) in [4.78, 5) is 10.9. The van der Waals surface area contributed by atoms with Gasteiger partial charge < -0.3 is 10.2 Å². The van der Waals surface area contributed by atoms with E-state index >= 15 is 0 Å². The maximum Gasteiger partial charge on any atom is 0.348 e.